The fraction of sp³-hybridized carbons (Fsp3) is 0.182. The number of aromatic nitrogens is 2. The van der Waals surface area contributed by atoms with Crippen molar-refractivity contribution in [1.29, 1.82) is 0 Å². The number of hydrogen-bond acceptors (Lipinski definition) is 4. The van der Waals surface area contributed by atoms with Gasteiger partial charge in [0.1, 0.15) is 5.52 Å². The molecular formula is C11H9F2N3O2. The summed E-state index contributed by atoms with van der Waals surface area (Å²) in [5, 5.41) is 8.00. The fourth-order valence-electron chi connectivity index (χ4n) is 1.56. The Balaban J connectivity index is 2.68. The average Bonchev–Trinajstić information content (AvgIpc) is 2.27. The van der Waals surface area contributed by atoms with Crippen LogP contribution in [0.25, 0.3) is 10.9 Å². The molecule has 0 unspecified atom stereocenters. The van der Waals surface area contributed by atoms with Crippen LogP contribution < -0.4 is 10.5 Å². The van der Waals surface area contributed by atoms with Crippen molar-refractivity contribution in [3.63, 3.8) is 0 Å². The van der Waals surface area contributed by atoms with E-state index in [1.165, 1.54) is 6.07 Å². The van der Waals surface area contributed by atoms with E-state index in [0.717, 1.165) is 6.07 Å². The number of primary amides is 1. The Bertz CT molecular complexity index is 617. The van der Waals surface area contributed by atoms with Crippen molar-refractivity contribution in [3.05, 3.63) is 29.5 Å². The highest BCUT2D eigenvalue weighted by atomic mass is 19.3. The molecule has 0 spiro atoms. The lowest BCUT2D eigenvalue weighted by Crippen LogP contribution is -2.12. The number of ether oxygens (including phenoxy) is 1. The third kappa shape index (κ3) is 2.34. The van der Waals surface area contributed by atoms with Crippen LogP contribution in [-0.4, -0.2) is 22.7 Å². The first kappa shape index (κ1) is 12.2. The summed E-state index contributed by atoms with van der Waals surface area (Å²) in [5.41, 5.74) is 5.95. The Labute approximate surface area is 101 Å². The van der Waals surface area contributed by atoms with Gasteiger partial charge in [-0.3, -0.25) is 4.79 Å². The zero-order chi connectivity index (χ0) is 13.3. The number of carbonyl (C=O) groups excluding carboxylic acids is 1. The summed E-state index contributed by atoms with van der Waals surface area (Å²) in [6.45, 7) is -1.32. The van der Waals surface area contributed by atoms with Crippen molar-refractivity contribution in [1.82, 2.24) is 10.2 Å². The van der Waals surface area contributed by atoms with Gasteiger partial charge in [0, 0.05) is 10.9 Å². The Hall–Kier alpha value is -2.31. The molecule has 2 N–H and O–H groups in total. The Kier molecular flexibility index (Phi) is 3.05. The van der Waals surface area contributed by atoms with Crippen LogP contribution in [0.3, 0.4) is 0 Å². The van der Waals surface area contributed by atoms with E-state index in [1.807, 2.05) is 0 Å². The minimum atomic E-state index is -3.01. The Morgan fingerprint density at radius 2 is 2.06 bits per heavy atom. The van der Waals surface area contributed by atoms with Gasteiger partial charge in [-0.15, -0.1) is 5.10 Å². The molecule has 1 heterocycles. The topological polar surface area (TPSA) is 78.1 Å². The number of nitrogens with two attached hydrogens (primary N) is 1. The largest absolute Gasteiger partial charge is 0.432 e. The summed E-state index contributed by atoms with van der Waals surface area (Å²) in [6, 6.07) is 4.19. The smallest absolute Gasteiger partial charge is 0.387 e. The number of carbonyl (C=O) groups is 1. The highest BCUT2D eigenvalue weighted by Crippen LogP contribution is 2.27. The van der Waals surface area contributed by atoms with Gasteiger partial charge in [-0.25, -0.2) is 0 Å². The summed E-state index contributed by atoms with van der Waals surface area (Å²) in [4.78, 5) is 11.1. The molecule has 0 bridgehead atoms. The molecule has 18 heavy (non-hydrogen) atoms. The molecule has 2 aromatic rings. The number of alkyl halides is 2. The molecule has 1 aromatic heterocycles. The predicted molar refractivity (Wildman–Crippen MR) is 59.4 cm³/mol. The van der Waals surface area contributed by atoms with Crippen LogP contribution in [0.5, 0.6) is 5.75 Å². The van der Waals surface area contributed by atoms with Crippen LogP contribution in [0.15, 0.2) is 18.2 Å². The summed E-state index contributed by atoms with van der Waals surface area (Å²) >= 11 is 0. The number of nitrogens with zero attached hydrogens (tertiary/aromatic N) is 2. The van der Waals surface area contributed by atoms with Crippen molar-refractivity contribution in [2.75, 3.05) is 0 Å². The van der Waals surface area contributed by atoms with Crippen molar-refractivity contribution in [3.8, 4) is 5.75 Å². The van der Waals surface area contributed by atoms with Crippen molar-refractivity contribution < 1.29 is 18.3 Å². The second kappa shape index (κ2) is 4.52. The molecule has 0 aliphatic carbocycles. The molecule has 2 rings (SSSR count). The number of rotatable bonds is 3. The molecule has 7 heteroatoms. The third-order valence-corrected chi connectivity index (χ3v) is 2.28. The molecule has 0 radical (unpaired) electrons. The minimum absolute atomic E-state index is 0.0746. The predicted octanol–water partition coefficient (Wildman–Crippen LogP) is 1.64. The first-order chi connectivity index (χ1) is 8.47. The van der Waals surface area contributed by atoms with Gasteiger partial charge in [0.05, 0.1) is 5.69 Å². The van der Waals surface area contributed by atoms with Crippen LogP contribution >= 0.6 is 0 Å². The molecule has 1 aromatic carbocycles. The zero-order valence-corrected chi connectivity index (χ0v) is 9.35. The number of aryl methyl sites for hydroxylation is 1. The highest BCUT2D eigenvalue weighted by Gasteiger charge is 2.14. The van der Waals surface area contributed by atoms with Gasteiger partial charge in [0.15, 0.2) is 5.75 Å². The molecule has 5 nitrogen and oxygen atoms in total. The van der Waals surface area contributed by atoms with Crippen molar-refractivity contribution in [2.24, 2.45) is 5.73 Å². The van der Waals surface area contributed by atoms with Gasteiger partial charge in [0.25, 0.3) is 0 Å². The lowest BCUT2D eigenvalue weighted by atomic mass is 10.1. The minimum Gasteiger partial charge on any atom is -0.432 e. The second-order valence-electron chi connectivity index (χ2n) is 3.64. The van der Waals surface area contributed by atoms with Crippen LogP contribution in [0.4, 0.5) is 8.78 Å². The van der Waals surface area contributed by atoms with Gasteiger partial charge < -0.3 is 10.5 Å². The first-order valence-electron chi connectivity index (χ1n) is 5.00. The summed E-state index contributed by atoms with van der Waals surface area (Å²) in [7, 11) is 0. The van der Waals surface area contributed by atoms with Gasteiger partial charge in [-0.05, 0) is 25.1 Å². The monoisotopic (exact) mass is 253 g/mol. The maximum atomic E-state index is 12.3. The maximum Gasteiger partial charge on any atom is 0.387 e. The maximum absolute atomic E-state index is 12.3. The standard InChI is InChI=1S/C11H9F2N3O2/c1-5-2-6-3-7(10(14)17)4-8(18-11(12)13)9(6)16-15-5/h2-4,11H,1H3,(H2,14,17). The van der Waals surface area contributed by atoms with E-state index in [-0.39, 0.29) is 16.8 Å². The fourth-order valence-corrected chi connectivity index (χ4v) is 1.56. The molecule has 0 atom stereocenters. The lowest BCUT2D eigenvalue weighted by Gasteiger charge is -2.09. The molecule has 0 saturated carbocycles. The van der Waals surface area contributed by atoms with E-state index in [2.05, 4.69) is 14.9 Å². The van der Waals surface area contributed by atoms with Gasteiger partial charge in [0.2, 0.25) is 5.91 Å². The van der Waals surface area contributed by atoms with E-state index in [0.29, 0.717) is 11.1 Å². The summed E-state index contributed by atoms with van der Waals surface area (Å²) < 4.78 is 28.9. The molecular weight excluding hydrogens is 244 g/mol. The number of hydrogen-bond donors (Lipinski definition) is 1. The molecule has 0 fully saturated rings. The normalized spacial score (nSPS) is 10.9. The quantitative estimate of drug-likeness (QED) is 0.901. The number of amides is 1. The lowest BCUT2D eigenvalue weighted by molar-refractivity contribution is -0.0489. The van der Waals surface area contributed by atoms with E-state index >= 15 is 0 Å². The zero-order valence-electron chi connectivity index (χ0n) is 9.35. The first-order valence-corrected chi connectivity index (χ1v) is 5.00. The van der Waals surface area contributed by atoms with Crippen LogP contribution in [0.1, 0.15) is 16.1 Å². The summed E-state index contributed by atoms with van der Waals surface area (Å²) in [6.07, 6.45) is 0. The van der Waals surface area contributed by atoms with Crippen molar-refractivity contribution in [2.45, 2.75) is 13.5 Å². The van der Waals surface area contributed by atoms with Gasteiger partial charge in [-0.1, -0.05) is 0 Å². The second-order valence-corrected chi connectivity index (χ2v) is 3.64. The van der Waals surface area contributed by atoms with E-state index in [4.69, 9.17) is 5.73 Å². The highest BCUT2D eigenvalue weighted by molar-refractivity contribution is 5.98. The summed E-state index contributed by atoms with van der Waals surface area (Å²) in [5.74, 6) is -0.950. The Morgan fingerprint density at radius 3 is 2.67 bits per heavy atom. The molecule has 1 amide bonds. The van der Waals surface area contributed by atoms with Gasteiger partial charge in [-0.2, -0.15) is 13.9 Å². The van der Waals surface area contributed by atoms with Crippen LogP contribution in [0.2, 0.25) is 0 Å². The van der Waals surface area contributed by atoms with Gasteiger partial charge >= 0.3 is 6.61 Å². The molecule has 0 saturated heterocycles. The van der Waals surface area contributed by atoms with Crippen molar-refractivity contribution >= 4 is 16.8 Å². The SMILES string of the molecule is Cc1cc2cc(C(N)=O)cc(OC(F)F)c2nn1. The Morgan fingerprint density at radius 1 is 1.33 bits per heavy atom. The van der Waals surface area contributed by atoms with Crippen LogP contribution in [-0.2, 0) is 0 Å². The molecule has 0 aliphatic rings. The van der Waals surface area contributed by atoms with E-state index < -0.39 is 12.5 Å². The van der Waals surface area contributed by atoms with Crippen LogP contribution in [0, 0.1) is 6.92 Å². The molecule has 94 valence electrons. The number of fused-ring (bicyclic) bond motifs is 1. The number of halogens is 2. The van der Waals surface area contributed by atoms with E-state index in [9.17, 15) is 13.6 Å². The average molecular weight is 253 g/mol. The van der Waals surface area contributed by atoms with E-state index in [1.54, 1.807) is 13.0 Å². The molecule has 0 aliphatic heterocycles. The third-order valence-electron chi connectivity index (χ3n) is 2.28. The number of benzene rings is 1.